The molecule has 2 aromatic carbocycles. The molecular weight excluding hydrogens is 328 g/mol. The zero-order valence-electron chi connectivity index (χ0n) is 13.6. The van der Waals surface area contributed by atoms with Crippen molar-refractivity contribution < 1.29 is 9.90 Å². The van der Waals surface area contributed by atoms with Crippen molar-refractivity contribution in [2.45, 2.75) is 0 Å². The van der Waals surface area contributed by atoms with Gasteiger partial charge < -0.3 is 5.11 Å². The summed E-state index contributed by atoms with van der Waals surface area (Å²) in [5.74, 6) is 0.0367. The van der Waals surface area contributed by atoms with Gasteiger partial charge in [0.1, 0.15) is 12.1 Å². The molecule has 0 saturated carbocycles. The van der Waals surface area contributed by atoms with Gasteiger partial charge in [0.05, 0.1) is 5.69 Å². The Bertz CT molecular complexity index is 1000. The maximum Gasteiger partial charge on any atom is 0.356 e. The Morgan fingerprint density at radius 2 is 1.54 bits per heavy atom. The van der Waals surface area contributed by atoms with Crippen molar-refractivity contribution in [2.24, 2.45) is 0 Å². The first-order valence-corrected chi connectivity index (χ1v) is 7.98. The number of benzene rings is 2. The molecule has 126 valence electrons. The van der Waals surface area contributed by atoms with Crippen LogP contribution in [0.5, 0.6) is 0 Å². The van der Waals surface area contributed by atoms with Crippen LogP contribution in [0.25, 0.3) is 28.5 Å². The average Bonchev–Trinajstić information content (AvgIpc) is 3.20. The van der Waals surface area contributed by atoms with E-state index in [1.165, 1.54) is 12.5 Å². The Kier molecular flexibility index (Phi) is 3.99. The van der Waals surface area contributed by atoms with E-state index in [2.05, 4.69) is 15.0 Å². The molecule has 4 aromatic rings. The van der Waals surface area contributed by atoms with Crippen LogP contribution in [0.4, 0.5) is 0 Å². The standard InChI is InChI=1S/C20H14N4O2/c25-20(26)17-12-24(13-21-17)18-11-16(14-7-3-1-4-8-14)22-19(23-18)15-9-5-2-6-10-15/h1-13H,(H,25,26). The van der Waals surface area contributed by atoms with E-state index < -0.39 is 5.97 Å². The minimum Gasteiger partial charge on any atom is -0.476 e. The number of aromatic nitrogens is 4. The highest BCUT2D eigenvalue weighted by atomic mass is 16.4. The summed E-state index contributed by atoms with van der Waals surface area (Å²) in [6.07, 6.45) is 2.88. The van der Waals surface area contributed by atoms with Gasteiger partial charge in [-0.25, -0.2) is 19.7 Å². The van der Waals surface area contributed by atoms with E-state index in [1.54, 1.807) is 4.57 Å². The molecular formula is C20H14N4O2. The van der Waals surface area contributed by atoms with Crippen LogP contribution < -0.4 is 0 Å². The molecule has 4 rings (SSSR count). The fraction of sp³-hybridized carbons (Fsp3) is 0. The Labute approximate surface area is 149 Å². The molecule has 0 fully saturated rings. The van der Waals surface area contributed by atoms with E-state index in [9.17, 15) is 4.79 Å². The molecule has 0 amide bonds. The summed E-state index contributed by atoms with van der Waals surface area (Å²) in [7, 11) is 0. The molecule has 0 radical (unpaired) electrons. The second-order valence-corrected chi connectivity index (χ2v) is 5.64. The summed E-state index contributed by atoms with van der Waals surface area (Å²) in [5.41, 5.74) is 2.54. The highest BCUT2D eigenvalue weighted by Crippen LogP contribution is 2.24. The van der Waals surface area contributed by atoms with Crippen molar-refractivity contribution in [3.05, 3.63) is 84.9 Å². The highest BCUT2D eigenvalue weighted by molar-refractivity contribution is 5.85. The second-order valence-electron chi connectivity index (χ2n) is 5.64. The number of nitrogens with zero attached hydrogens (tertiary/aromatic N) is 4. The van der Waals surface area contributed by atoms with Gasteiger partial charge >= 0.3 is 5.97 Å². The molecule has 26 heavy (non-hydrogen) atoms. The van der Waals surface area contributed by atoms with Crippen molar-refractivity contribution in [3.8, 4) is 28.5 Å². The highest BCUT2D eigenvalue weighted by Gasteiger charge is 2.12. The number of rotatable bonds is 4. The molecule has 0 saturated heterocycles. The average molecular weight is 342 g/mol. The molecule has 0 atom stereocenters. The van der Waals surface area contributed by atoms with Gasteiger partial charge in [-0.1, -0.05) is 60.7 Å². The van der Waals surface area contributed by atoms with Gasteiger partial charge in [0.2, 0.25) is 0 Å². The monoisotopic (exact) mass is 342 g/mol. The number of carbonyl (C=O) groups is 1. The second kappa shape index (κ2) is 6.60. The molecule has 0 aliphatic rings. The molecule has 2 heterocycles. The predicted molar refractivity (Wildman–Crippen MR) is 97.0 cm³/mol. The number of hydrogen-bond acceptors (Lipinski definition) is 4. The zero-order chi connectivity index (χ0) is 17.9. The maximum absolute atomic E-state index is 11.1. The van der Waals surface area contributed by atoms with Crippen molar-refractivity contribution in [1.82, 2.24) is 19.5 Å². The molecule has 0 bridgehead atoms. The van der Waals surface area contributed by atoms with Crippen molar-refractivity contribution in [1.29, 1.82) is 0 Å². The number of aromatic carboxylic acids is 1. The summed E-state index contributed by atoms with van der Waals surface area (Å²) < 4.78 is 1.59. The fourth-order valence-electron chi connectivity index (χ4n) is 2.60. The molecule has 6 heteroatoms. The molecule has 1 N–H and O–H groups in total. The number of hydrogen-bond donors (Lipinski definition) is 1. The van der Waals surface area contributed by atoms with Crippen LogP contribution in [0.1, 0.15) is 10.5 Å². The lowest BCUT2D eigenvalue weighted by molar-refractivity contribution is 0.0691. The van der Waals surface area contributed by atoms with E-state index in [4.69, 9.17) is 5.11 Å². The lowest BCUT2D eigenvalue weighted by Gasteiger charge is -2.09. The van der Waals surface area contributed by atoms with Crippen molar-refractivity contribution in [3.63, 3.8) is 0 Å². The van der Waals surface area contributed by atoms with Gasteiger partial charge in [0, 0.05) is 23.4 Å². The van der Waals surface area contributed by atoms with Gasteiger partial charge in [-0.3, -0.25) is 4.57 Å². The largest absolute Gasteiger partial charge is 0.476 e. The number of carboxylic acid groups (broad SMARTS) is 1. The quantitative estimate of drug-likeness (QED) is 0.612. The van der Waals surface area contributed by atoms with Crippen LogP contribution in [0, 0.1) is 0 Å². The van der Waals surface area contributed by atoms with Crippen molar-refractivity contribution >= 4 is 5.97 Å². The van der Waals surface area contributed by atoms with E-state index in [0.717, 1.165) is 16.8 Å². The van der Waals surface area contributed by atoms with Crippen LogP contribution in [-0.2, 0) is 0 Å². The van der Waals surface area contributed by atoms with Gasteiger partial charge in [0.25, 0.3) is 0 Å². The fourth-order valence-corrected chi connectivity index (χ4v) is 2.60. The molecule has 0 aliphatic heterocycles. The van der Waals surface area contributed by atoms with Gasteiger partial charge in [0.15, 0.2) is 11.5 Å². The van der Waals surface area contributed by atoms with E-state index in [1.807, 2.05) is 66.7 Å². The topological polar surface area (TPSA) is 80.9 Å². The molecule has 0 unspecified atom stereocenters. The lowest BCUT2D eigenvalue weighted by Crippen LogP contribution is -2.01. The Balaban J connectivity index is 1.89. The third kappa shape index (κ3) is 3.08. The zero-order valence-corrected chi connectivity index (χ0v) is 13.6. The Morgan fingerprint density at radius 1 is 0.885 bits per heavy atom. The molecule has 0 aliphatic carbocycles. The van der Waals surface area contributed by atoms with Crippen LogP contribution in [0.15, 0.2) is 79.3 Å². The first-order chi connectivity index (χ1) is 12.7. The predicted octanol–water partition coefficient (Wildman–Crippen LogP) is 3.69. The third-order valence-corrected chi connectivity index (χ3v) is 3.88. The SMILES string of the molecule is O=C(O)c1cn(-c2cc(-c3ccccc3)nc(-c3ccccc3)n2)cn1. The van der Waals surface area contributed by atoms with E-state index in [0.29, 0.717) is 11.6 Å². The Morgan fingerprint density at radius 3 is 2.15 bits per heavy atom. The van der Waals surface area contributed by atoms with Crippen LogP contribution in [0.3, 0.4) is 0 Å². The molecule has 6 nitrogen and oxygen atoms in total. The normalized spacial score (nSPS) is 10.6. The van der Waals surface area contributed by atoms with Crippen LogP contribution in [-0.4, -0.2) is 30.6 Å². The van der Waals surface area contributed by atoms with Crippen molar-refractivity contribution in [2.75, 3.05) is 0 Å². The molecule has 0 spiro atoms. The van der Waals surface area contributed by atoms with Gasteiger partial charge in [-0.05, 0) is 0 Å². The van der Waals surface area contributed by atoms with E-state index >= 15 is 0 Å². The summed E-state index contributed by atoms with van der Waals surface area (Å²) in [4.78, 5) is 24.3. The van der Waals surface area contributed by atoms with Crippen LogP contribution >= 0.6 is 0 Å². The minimum absolute atomic E-state index is 0.0360. The Hall–Kier alpha value is -3.80. The summed E-state index contributed by atoms with van der Waals surface area (Å²) in [6.45, 7) is 0. The third-order valence-electron chi connectivity index (χ3n) is 3.88. The lowest BCUT2D eigenvalue weighted by atomic mass is 10.1. The summed E-state index contributed by atoms with van der Waals surface area (Å²) in [6, 6.07) is 21.2. The van der Waals surface area contributed by atoms with Gasteiger partial charge in [-0.2, -0.15) is 0 Å². The first-order valence-electron chi connectivity index (χ1n) is 7.98. The number of imidazole rings is 1. The molecule has 2 aromatic heterocycles. The number of carboxylic acids is 1. The van der Waals surface area contributed by atoms with Crippen LogP contribution in [0.2, 0.25) is 0 Å². The van der Waals surface area contributed by atoms with E-state index in [-0.39, 0.29) is 5.69 Å². The van der Waals surface area contributed by atoms with Gasteiger partial charge in [-0.15, -0.1) is 0 Å². The minimum atomic E-state index is -1.08. The summed E-state index contributed by atoms with van der Waals surface area (Å²) in [5, 5.41) is 9.10. The summed E-state index contributed by atoms with van der Waals surface area (Å²) >= 11 is 0. The first kappa shape index (κ1) is 15.7. The smallest absolute Gasteiger partial charge is 0.356 e. The maximum atomic E-state index is 11.1.